The third-order valence-electron chi connectivity index (χ3n) is 2.95. The van der Waals surface area contributed by atoms with Gasteiger partial charge in [0.15, 0.2) is 0 Å². The highest BCUT2D eigenvalue weighted by Crippen LogP contribution is 2.38. The van der Waals surface area contributed by atoms with E-state index in [1.807, 2.05) is 0 Å². The summed E-state index contributed by atoms with van der Waals surface area (Å²) in [6.45, 7) is 0. The number of nitro groups is 1. The molecule has 7 nitrogen and oxygen atoms in total. The molecule has 0 atom stereocenters. The van der Waals surface area contributed by atoms with Crippen molar-refractivity contribution < 1.29 is 31.6 Å². The van der Waals surface area contributed by atoms with Crippen molar-refractivity contribution in [2.75, 3.05) is 4.72 Å². The minimum Gasteiger partial charge on any atom is -0.505 e. The molecular weight excluding hydrogens is 353 g/mol. The topological polar surface area (TPSA) is 110 Å². The molecule has 2 N–H and O–H groups in total. The van der Waals surface area contributed by atoms with Crippen molar-refractivity contribution in [1.82, 2.24) is 0 Å². The van der Waals surface area contributed by atoms with Crippen LogP contribution in [0.25, 0.3) is 11.1 Å². The molecule has 0 fully saturated rings. The Bertz CT molecular complexity index is 897. The average molecular weight is 362 g/mol. The van der Waals surface area contributed by atoms with Crippen molar-refractivity contribution >= 4 is 21.4 Å². The Hall–Kier alpha value is -2.82. The van der Waals surface area contributed by atoms with Gasteiger partial charge in [0.1, 0.15) is 5.75 Å². The molecule has 0 unspecified atom stereocenters. The molecular formula is C13H9F3N2O5S. The largest absolute Gasteiger partial charge is 0.516 e. The molecule has 2 rings (SSSR count). The number of nitrogens with zero attached hydrogens (tertiary/aromatic N) is 1. The zero-order valence-corrected chi connectivity index (χ0v) is 12.4. The molecule has 0 saturated heterocycles. The van der Waals surface area contributed by atoms with Crippen LogP contribution in [-0.2, 0) is 10.0 Å². The van der Waals surface area contributed by atoms with E-state index in [1.54, 1.807) is 0 Å². The minimum atomic E-state index is -5.71. The molecule has 0 aromatic heterocycles. The van der Waals surface area contributed by atoms with Gasteiger partial charge in [-0.25, -0.2) is 0 Å². The number of rotatable bonds is 4. The van der Waals surface area contributed by atoms with E-state index < -0.39 is 31.9 Å². The van der Waals surface area contributed by atoms with Gasteiger partial charge >= 0.3 is 15.5 Å². The highest BCUT2D eigenvalue weighted by atomic mass is 32.2. The fourth-order valence-electron chi connectivity index (χ4n) is 1.85. The standard InChI is InChI=1S/C13H9F3N2O5S/c14-13(15,16)24(22,23)17-11-6-2-5-10(12(11)19)8-3-1-4-9(7-8)18(20)21/h1-7,17,19H. The molecule has 2 aromatic carbocycles. The molecule has 0 aliphatic carbocycles. The van der Waals surface area contributed by atoms with Crippen LogP contribution >= 0.6 is 0 Å². The summed E-state index contributed by atoms with van der Waals surface area (Å²) in [5.74, 6) is -0.786. The molecule has 0 spiro atoms. The zero-order valence-electron chi connectivity index (χ0n) is 11.6. The van der Waals surface area contributed by atoms with E-state index in [0.29, 0.717) is 0 Å². The maximum atomic E-state index is 12.4. The molecule has 11 heteroatoms. The van der Waals surface area contributed by atoms with Crippen molar-refractivity contribution in [2.24, 2.45) is 0 Å². The van der Waals surface area contributed by atoms with Crippen LogP contribution in [0, 0.1) is 10.1 Å². The van der Waals surface area contributed by atoms with Crippen molar-refractivity contribution in [3.8, 4) is 16.9 Å². The van der Waals surface area contributed by atoms with Gasteiger partial charge in [-0.2, -0.15) is 21.6 Å². The molecule has 24 heavy (non-hydrogen) atoms. The maximum absolute atomic E-state index is 12.4. The Morgan fingerprint density at radius 2 is 1.75 bits per heavy atom. The van der Waals surface area contributed by atoms with Crippen LogP contribution in [0.4, 0.5) is 24.5 Å². The third-order valence-corrected chi connectivity index (χ3v) is 4.05. The predicted octanol–water partition coefficient (Wildman–Crippen LogP) is 3.23. The number of halogens is 3. The molecule has 0 amide bonds. The lowest BCUT2D eigenvalue weighted by molar-refractivity contribution is -0.384. The average Bonchev–Trinajstić information content (AvgIpc) is 2.48. The second kappa shape index (κ2) is 6.00. The van der Waals surface area contributed by atoms with Gasteiger partial charge in [0.25, 0.3) is 5.69 Å². The number of sulfonamides is 1. The lowest BCUT2D eigenvalue weighted by atomic mass is 10.0. The van der Waals surface area contributed by atoms with Crippen LogP contribution in [0.15, 0.2) is 42.5 Å². The number of anilines is 1. The summed E-state index contributed by atoms with van der Waals surface area (Å²) >= 11 is 0. The van der Waals surface area contributed by atoms with Gasteiger partial charge in [0.05, 0.1) is 10.6 Å². The van der Waals surface area contributed by atoms with Gasteiger partial charge in [-0.3, -0.25) is 14.8 Å². The first-order valence-corrected chi connectivity index (χ1v) is 7.67. The van der Waals surface area contributed by atoms with Gasteiger partial charge in [-0.05, 0) is 11.6 Å². The number of phenolic OH excluding ortho intramolecular Hbond substituents is 1. The molecule has 0 saturated carbocycles. The molecule has 128 valence electrons. The van der Waals surface area contributed by atoms with E-state index in [1.165, 1.54) is 35.1 Å². The fourth-order valence-corrected chi connectivity index (χ4v) is 2.42. The summed E-state index contributed by atoms with van der Waals surface area (Å²) in [6.07, 6.45) is 0. The summed E-state index contributed by atoms with van der Waals surface area (Å²) in [4.78, 5) is 10.1. The first-order chi connectivity index (χ1) is 11.0. The van der Waals surface area contributed by atoms with Crippen molar-refractivity contribution in [3.05, 3.63) is 52.6 Å². The monoisotopic (exact) mass is 362 g/mol. The number of hydrogen-bond donors (Lipinski definition) is 2. The molecule has 0 aliphatic heterocycles. The second-order valence-electron chi connectivity index (χ2n) is 4.56. The number of hydrogen-bond acceptors (Lipinski definition) is 5. The Kier molecular flexibility index (Phi) is 4.38. The summed E-state index contributed by atoms with van der Waals surface area (Å²) in [7, 11) is -5.71. The first-order valence-electron chi connectivity index (χ1n) is 6.19. The molecule has 0 heterocycles. The number of aromatic hydroxyl groups is 1. The van der Waals surface area contributed by atoms with E-state index in [4.69, 9.17) is 0 Å². The van der Waals surface area contributed by atoms with E-state index >= 15 is 0 Å². The van der Waals surface area contributed by atoms with Gasteiger partial charge in [-0.1, -0.05) is 24.3 Å². The number of phenols is 1. The first kappa shape index (κ1) is 17.5. The Balaban J connectivity index is 2.50. The lowest BCUT2D eigenvalue weighted by Crippen LogP contribution is -2.29. The van der Waals surface area contributed by atoms with Crippen LogP contribution in [0.2, 0.25) is 0 Å². The quantitative estimate of drug-likeness (QED) is 0.493. The van der Waals surface area contributed by atoms with Crippen molar-refractivity contribution in [3.63, 3.8) is 0 Å². The Morgan fingerprint density at radius 1 is 1.12 bits per heavy atom. The number of nitrogens with one attached hydrogen (secondary N) is 1. The second-order valence-corrected chi connectivity index (χ2v) is 6.23. The highest BCUT2D eigenvalue weighted by molar-refractivity contribution is 7.93. The van der Waals surface area contributed by atoms with Crippen molar-refractivity contribution in [1.29, 1.82) is 0 Å². The van der Waals surface area contributed by atoms with E-state index in [9.17, 15) is 36.8 Å². The van der Waals surface area contributed by atoms with Crippen LogP contribution in [0.5, 0.6) is 5.75 Å². The van der Waals surface area contributed by atoms with Gasteiger partial charge < -0.3 is 5.11 Å². The summed E-state index contributed by atoms with van der Waals surface area (Å²) in [6, 6.07) is 8.39. The number of para-hydroxylation sites is 1. The predicted molar refractivity (Wildman–Crippen MR) is 78.8 cm³/mol. The number of alkyl halides is 3. The Morgan fingerprint density at radius 3 is 2.33 bits per heavy atom. The summed E-state index contributed by atoms with van der Waals surface area (Å²) in [5, 5.41) is 20.8. The minimum absolute atomic E-state index is 0.0684. The SMILES string of the molecule is O=[N+]([O-])c1cccc(-c2cccc(NS(=O)(=O)C(F)(F)F)c2O)c1. The third kappa shape index (κ3) is 3.40. The highest BCUT2D eigenvalue weighted by Gasteiger charge is 2.46. The van der Waals surface area contributed by atoms with Crippen LogP contribution in [0.3, 0.4) is 0 Å². The number of non-ortho nitro benzene ring substituents is 1. The Labute approximate surface area is 133 Å². The van der Waals surface area contributed by atoms with Crippen molar-refractivity contribution in [2.45, 2.75) is 5.51 Å². The maximum Gasteiger partial charge on any atom is 0.516 e. The van der Waals surface area contributed by atoms with Gasteiger partial charge in [0.2, 0.25) is 0 Å². The normalized spacial score (nSPS) is 12.0. The number of nitro benzene ring substituents is 1. The molecule has 2 aromatic rings. The van der Waals surface area contributed by atoms with Crippen LogP contribution in [0.1, 0.15) is 0 Å². The summed E-state index contributed by atoms with van der Waals surface area (Å²) < 4.78 is 60.7. The zero-order chi connectivity index (χ0) is 18.1. The molecule has 0 bridgehead atoms. The summed E-state index contributed by atoms with van der Waals surface area (Å²) in [5.41, 5.74) is -6.48. The van der Waals surface area contributed by atoms with E-state index in [2.05, 4.69) is 0 Å². The molecule has 0 radical (unpaired) electrons. The molecule has 0 aliphatic rings. The number of benzene rings is 2. The van der Waals surface area contributed by atoms with Gasteiger partial charge in [-0.15, -0.1) is 0 Å². The van der Waals surface area contributed by atoms with Gasteiger partial charge in [0, 0.05) is 17.7 Å². The van der Waals surface area contributed by atoms with E-state index in [-0.39, 0.29) is 16.8 Å². The van der Waals surface area contributed by atoms with Crippen LogP contribution < -0.4 is 4.72 Å². The van der Waals surface area contributed by atoms with E-state index in [0.717, 1.165) is 12.1 Å². The van der Waals surface area contributed by atoms with Crippen LogP contribution in [-0.4, -0.2) is 24.0 Å². The smallest absolute Gasteiger partial charge is 0.505 e. The fraction of sp³-hybridized carbons (Fsp3) is 0.0769. The lowest BCUT2D eigenvalue weighted by Gasteiger charge is -2.13.